The number of aromatic nitrogens is 3. The second-order valence-corrected chi connectivity index (χ2v) is 6.94. The van der Waals surface area contributed by atoms with Gasteiger partial charge in [0, 0.05) is 32.5 Å². The van der Waals surface area contributed by atoms with Crippen LogP contribution in [0.4, 0.5) is 0 Å². The molecule has 1 amide bonds. The summed E-state index contributed by atoms with van der Waals surface area (Å²) in [6.07, 6.45) is 5.36. The van der Waals surface area contributed by atoms with Crippen molar-refractivity contribution in [2.45, 2.75) is 31.9 Å². The molecule has 0 bridgehead atoms. The van der Waals surface area contributed by atoms with E-state index >= 15 is 0 Å². The molecule has 0 saturated carbocycles. The summed E-state index contributed by atoms with van der Waals surface area (Å²) in [7, 11) is 0. The molecule has 6 nitrogen and oxygen atoms in total. The first-order valence-corrected chi connectivity index (χ1v) is 9.48. The van der Waals surface area contributed by atoms with Gasteiger partial charge in [0.15, 0.2) is 0 Å². The van der Waals surface area contributed by atoms with Gasteiger partial charge >= 0.3 is 0 Å². The summed E-state index contributed by atoms with van der Waals surface area (Å²) in [6.45, 7) is 2.65. The molecule has 0 N–H and O–H groups in total. The Morgan fingerprint density at radius 1 is 1.19 bits per heavy atom. The van der Waals surface area contributed by atoms with Crippen molar-refractivity contribution in [2.75, 3.05) is 19.7 Å². The van der Waals surface area contributed by atoms with Crippen LogP contribution in [0.2, 0.25) is 0 Å². The number of carbonyl (C=O) groups excluding carboxylic acids is 1. The molecule has 27 heavy (non-hydrogen) atoms. The number of nitrogens with zero attached hydrogens (tertiary/aromatic N) is 4. The van der Waals surface area contributed by atoms with Crippen LogP contribution in [0.25, 0.3) is 10.8 Å². The van der Waals surface area contributed by atoms with Crippen LogP contribution in [0.5, 0.6) is 0 Å². The zero-order valence-corrected chi connectivity index (χ0v) is 15.3. The van der Waals surface area contributed by atoms with E-state index in [-0.39, 0.29) is 12.0 Å². The number of hydrogen-bond acceptors (Lipinski definition) is 4. The zero-order chi connectivity index (χ0) is 18.5. The van der Waals surface area contributed by atoms with E-state index < -0.39 is 0 Å². The molecule has 3 aromatic rings. The first kappa shape index (κ1) is 17.7. The molecule has 140 valence electrons. The van der Waals surface area contributed by atoms with Crippen molar-refractivity contribution in [1.82, 2.24) is 19.7 Å². The molecule has 4 rings (SSSR count). The molecule has 1 aliphatic heterocycles. The molecule has 2 heterocycles. The predicted octanol–water partition coefficient (Wildman–Crippen LogP) is 2.68. The monoisotopic (exact) mass is 364 g/mol. The molecule has 0 unspecified atom stereocenters. The van der Waals surface area contributed by atoms with Crippen LogP contribution in [0, 0.1) is 0 Å². The maximum Gasteiger partial charge on any atom is 0.222 e. The van der Waals surface area contributed by atoms with Gasteiger partial charge in [0.1, 0.15) is 12.7 Å². The standard InChI is InChI=1S/C21H24N4O2/c26-21(9-4-10-25-16-22-15-23-25)24-11-12-27-19(14-24)13-18-7-3-6-17-5-1-2-8-20(17)18/h1-3,5-8,15-16,19H,4,9-14H2/t19-/m0/s1. The molecule has 0 spiro atoms. The third kappa shape index (κ3) is 4.34. The summed E-state index contributed by atoms with van der Waals surface area (Å²) in [5.74, 6) is 0.196. The van der Waals surface area contributed by atoms with Crippen molar-refractivity contribution in [3.8, 4) is 0 Å². The molecule has 0 aliphatic carbocycles. The first-order valence-electron chi connectivity index (χ1n) is 9.48. The van der Waals surface area contributed by atoms with Crippen LogP contribution in [0.3, 0.4) is 0 Å². The molecule has 0 radical (unpaired) electrons. The van der Waals surface area contributed by atoms with E-state index in [9.17, 15) is 4.79 Å². The number of aryl methyl sites for hydroxylation is 1. The molecule has 1 aromatic heterocycles. The number of carbonyl (C=O) groups is 1. The Labute approximate surface area is 158 Å². The topological polar surface area (TPSA) is 60.2 Å². The van der Waals surface area contributed by atoms with Crippen LogP contribution < -0.4 is 0 Å². The molecule has 1 fully saturated rings. The minimum atomic E-state index is 0.0452. The van der Waals surface area contributed by atoms with E-state index in [0.717, 1.165) is 19.4 Å². The maximum atomic E-state index is 12.6. The van der Waals surface area contributed by atoms with E-state index in [1.54, 1.807) is 11.0 Å². The summed E-state index contributed by atoms with van der Waals surface area (Å²) in [6, 6.07) is 14.8. The highest BCUT2D eigenvalue weighted by atomic mass is 16.5. The molecule has 6 heteroatoms. The van der Waals surface area contributed by atoms with Crippen molar-refractivity contribution in [1.29, 1.82) is 0 Å². The third-order valence-corrected chi connectivity index (χ3v) is 5.06. The van der Waals surface area contributed by atoms with Crippen molar-refractivity contribution < 1.29 is 9.53 Å². The number of ether oxygens (including phenoxy) is 1. The van der Waals surface area contributed by atoms with Crippen LogP contribution in [-0.4, -0.2) is 51.4 Å². The minimum Gasteiger partial charge on any atom is -0.374 e. The van der Waals surface area contributed by atoms with E-state index in [4.69, 9.17) is 4.74 Å². The second-order valence-electron chi connectivity index (χ2n) is 6.94. The van der Waals surface area contributed by atoms with Gasteiger partial charge in [-0.15, -0.1) is 0 Å². The Bertz CT molecular complexity index is 889. The largest absolute Gasteiger partial charge is 0.374 e. The lowest BCUT2D eigenvalue weighted by molar-refractivity contribution is -0.138. The van der Waals surface area contributed by atoms with Gasteiger partial charge in [0.2, 0.25) is 5.91 Å². The van der Waals surface area contributed by atoms with Crippen LogP contribution in [-0.2, 0) is 22.5 Å². The lowest BCUT2D eigenvalue weighted by Crippen LogP contribution is -2.46. The van der Waals surface area contributed by atoms with E-state index in [0.29, 0.717) is 26.1 Å². The Hall–Kier alpha value is -2.73. The Morgan fingerprint density at radius 2 is 2.07 bits per heavy atom. The maximum absolute atomic E-state index is 12.6. The highest BCUT2D eigenvalue weighted by Gasteiger charge is 2.24. The third-order valence-electron chi connectivity index (χ3n) is 5.06. The van der Waals surface area contributed by atoms with Crippen molar-refractivity contribution >= 4 is 16.7 Å². The van der Waals surface area contributed by atoms with Gasteiger partial charge in [-0.25, -0.2) is 4.98 Å². The lowest BCUT2D eigenvalue weighted by Gasteiger charge is -2.33. The fourth-order valence-electron chi connectivity index (χ4n) is 3.68. The minimum absolute atomic E-state index is 0.0452. The van der Waals surface area contributed by atoms with Gasteiger partial charge in [-0.3, -0.25) is 9.48 Å². The Morgan fingerprint density at radius 3 is 2.96 bits per heavy atom. The van der Waals surface area contributed by atoms with Gasteiger partial charge in [0.05, 0.1) is 12.7 Å². The molecular weight excluding hydrogens is 340 g/mol. The quantitative estimate of drug-likeness (QED) is 0.675. The Kier molecular flexibility index (Phi) is 5.44. The fourth-order valence-corrected chi connectivity index (χ4v) is 3.68. The summed E-state index contributed by atoms with van der Waals surface area (Å²) in [5.41, 5.74) is 1.28. The zero-order valence-electron chi connectivity index (χ0n) is 15.3. The van der Waals surface area contributed by atoms with Crippen LogP contribution in [0.1, 0.15) is 18.4 Å². The van der Waals surface area contributed by atoms with Gasteiger partial charge < -0.3 is 9.64 Å². The number of benzene rings is 2. The smallest absolute Gasteiger partial charge is 0.222 e. The molecular formula is C21H24N4O2. The van der Waals surface area contributed by atoms with Crippen LogP contribution >= 0.6 is 0 Å². The van der Waals surface area contributed by atoms with Gasteiger partial charge in [0.25, 0.3) is 0 Å². The highest BCUT2D eigenvalue weighted by molar-refractivity contribution is 5.85. The number of fused-ring (bicyclic) bond motifs is 1. The van der Waals surface area contributed by atoms with Gasteiger partial charge in [-0.2, -0.15) is 5.10 Å². The molecule has 1 saturated heterocycles. The Balaban J connectivity index is 1.34. The summed E-state index contributed by atoms with van der Waals surface area (Å²) in [4.78, 5) is 18.4. The van der Waals surface area contributed by atoms with E-state index in [1.807, 2.05) is 4.90 Å². The normalized spacial score (nSPS) is 17.3. The van der Waals surface area contributed by atoms with Gasteiger partial charge in [-0.1, -0.05) is 42.5 Å². The van der Waals surface area contributed by atoms with Crippen molar-refractivity contribution in [2.24, 2.45) is 0 Å². The molecule has 1 aliphatic rings. The van der Waals surface area contributed by atoms with Crippen molar-refractivity contribution in [3.63, 3.8) is 0 Å². The number of rotatable bonds is 6. The molecule has 1 atom stereocenters. The highest BCUT2D eigenvalue weighted by Crippen LogP contribution is 2.22. The van der Waals surface area contributed by atoms with Gasteiger partial charge in [-0.05, 0) is 22.8 Å². The second kappa shape index (κ2) is 8.31. The molecule has 2 aromatic carbocycles. The fraction of sp³-hybridized carbons (Fsp3) is 0.381. The lowest BCUT2D eigenvalue weighted by atomic mass is 9.99. The van der Waals surface area contributed by atoms with E-state index in [2.05, 4.69) is 52.5 Å². The average molecular weight is 364 g/mol. The summed E-state index contributed by atoms with van der Waals surface area (Å²) < 4.78 is 7.72. The van der Waals surface area contributed by atoms with Crippen LogP contribution in [0.15, 0.2) is 55.1 Å². The summed E-state index contributed by atoms with van der Waals surface area (Å²) >= 11 is 0. The average Bonchev–Trinajstić information content (AvgIpc) is 3.22. The first-order chi connectivity index (χ1) is 13.3. The predicted molar refractivity (Wildman–Crippen MR) is 103 cm³/mol. The number of hydrogen-bond donors (Lipinski definition) is 0. The SMILES string of the molecule is O=C(CCCn1cncn1)N1CCO[C@@H](Cc2cccc3ccccc23)C1. The number of morpholine rings is 1. The van der Waals surface area contributed by atoms with E-state index in [1.165, 1.54) is 22.7 Å². The number of amides is 1. The summed E-state index contributed by atoms with van der Waals surface area (Å²) in [5, 5.41) is 6.58. The van der Waals surface area contributed by atoms with Crippen molar-refractivity contribution in [3.05, 3.63) is 60.7 Å².